The minimum atomic E-state index is 0.0120. The van der Waals surface area contributed by atoms with Crippen molar-refractivity contribution in [3.05, 3.63) is 35.4 Å². The lowest BCUT2D eigenvalue weighted by Crippen LogP contribution is -2.16. The fourth-order valence-corrected chi connectivity index (χ4v) is 2.80. The van der Waals surface area contributed by atoms with E-state index in [-0.39, 0.29) is 5.91 Å². The molecule has 1 N–H and O–H groups in total. The molecule has 3 heteroatoms. The molecule has 25 heavy (non-hydrogen) atoms. The van der Waals surface area contributed by atoms with E-state index in [0.29, 0.717) is 12.3 Å². The second-order valence-electron chi connectivity index (χ2n) is 7.19. The molecule has 0 bridgehead atoms. The first-order valence-electron chi connectivity index (χ1n) is 10.1. The van der Waals surface area contributed by atoms with Gasteiger partial charge in [-0.05, 0) is 23.5 Å². The molecular weight excluding hydrogens is 308 g/mol. The summed E-state index contributed by atoms with van der Waals surface area (Å²) in [6.45, 7) is 6.60. The number of nitrogens with zero attached hydrogens (tertiary/aromatic N) is 1. The summed E-state index contributed by atoms with van der Waals surface area (Å²) < 4.78 is 0. The number of rotatable bonds is 13. The number of carbonyl (C=O) groups is 1. The molecule has 0 saturated heterocycles. The molecule has 0 saturated carbocycles. The molecule has 0 heterocycles. The van der Waals surface area contributed by atoms with E-state index in [4.69, 9.17) is 0 Å². The molecule has 1 amide bonds. The Morgan fingerprint density at radius 3 is 2.08 bits per heavy atom. The molecule has 0 aromatic heterocycles. The van der Waals surface area contributed by atoms with Crippen LogP contribution in [0.2, 0.25) is 0 Å². The highest BCUT2D eigenvalue weighted by Gasteiger charge is 2.00. The van der Waals surface area contributed by atoms with Gasteiger partial charge in [0.15, 0.2) is 0 Å². The number of benzene rings is 1. The van der Waals surface area contributed by atoms with Crippen LogP contribution in [0.5, 0.6) is 0 Å². The van der Waals surface area contributed by atoms with Gasteiger partial charge >= 0.3 is 0 Å². The maximum Gasteiger partial charge on any atom is 0.240 e. The van der Waals surface area contributed by atoms with Crippen LogP contribution < -0.4 is 5.43 Å². The fraction of sp³-hybridized carbons (Fsp3) is 0.636. The van der Waals surface area contributed by atoms with Crippen molar-refractivity contribution in [3.8, 4) is 0 Å². The number of hydrazone groups is 1. The third kappa shape index (κ3) is 10.8. The molecule has 0 aliphatic rings. The van der Waals surface area contributed by atoms with E-state index >= 15 is 0 Å². The molecule has 1 aromatic rings. The van der Waals surface area contributed by atoms with Crippen molar-refractivity contribution in [2.45, 2.75) is 90.9 Å². The Kier molecular flexibility index (Phi) is 11.7. The minimum Gasteiger partial charge on any atom is -0.273 e. The summed E-state index contributed by atoms with van der Waals surface area (Å²) >= 11 is 0. The summed E-state index contributed by atoms with van der Waals surface area (Å²) in [5.41, 5.74) is 4.94. The summed E-state index contributed by atoms with van der Waals surface area (Å²) in [7, 11) is 0. The zero-order valence-electron chi connectivity index (χ0n) is 16.4. The molecule has 0 atom stereocenters. The summed E-state index contributed by atoms with van der Waals surface area (Å²) in [6, 6.07) is 8.28. The highest BCUT2D eigenvalue weighted by atomic mass is 16.2. The van der Waals surface area contributed by atoms with Gasteiger partial charge in [-0.25, -0.2) is 5.43 Å². The number of carbonyl (C=O) groups excluding carboxylic acids is 1. The van der Waals surface area contributed by atoms with Crippen molar-refractivity contribution in [3.63, 3.8) is 0 Å². The van der Waals surface area contributed by atoms with Crippen LogP contribution in [0.1, 0.15) is 102 Å². The van der Waals surface area contributed by atoms with E-state index in [1.54, 1.807) is 6.21 Å². The maximum atomic E-state index is 11.8. The predicted octanol–water partition coefficient (Wildman–Crippen LogP) is 6.18. The SMILES string of the molecule is CCCCCCCCCCCC(=O)NN=Cc1ccc(C(C)C)cc1. The predicted molar refractivity (Wildman–Crippen MR) is 108 cm³/mol. The topological polar surface area (TPSA) is 41.5 Å². The highest BCUT2D eigenvalue weighted by molar-refractivity contribution is 5.82. The first kappa shape index (κ1) is 21.4. The van der Waals surface area contributed by atoms with E-state index < -0.39 is 0 Å². The molecule has 0 aliphatic heterocycles. The number of nitrogens with one attached hydrogen (secondary N) is 1. The lowest BCUT2D eigenvalue weighted by atomic mass is 10.0. The van der Waals surface area contributed by atoms with Gasteiger partial charge in [-0.1, -0.05) is 96.4 Å². The van der Waals surface area contributed by atoms with Crippen molar-refractivity contribution in [1.29, 1.82) is 0 Å². The molecule has 1 aromatic carbocycles. The number of unbranched alkanes of at least 4 members (excludes halogenated alkanes) is 8. The van der Waals surface area contributed by atoms with E-state index in [2.05, 4.69) is 43.4 Å². The molecule has 0 radical (unpaired) electrons. The van der Waals surface area contributed by atoms with Gasteiger partial charge in [0.2, 0.25) is 5.91 Å². The maximum absolute atomic E-state index is 11.8. The highest BCUT2D eigenvalue weighted by Crippen LogP contribution is 2.14. The third-order valence-electron chi connectivity index (χ3n) is 4.51. The zero-order chi connectivity index (χ0) is 18.3. The van der Waals surface area contributed by atoms with Gasteiger partial charge in [-0.2, -0.15) is 5.10 Å². The summed E-state index contributed by atoms with van der Waals surface area (Å²) in [5, 5.41) is 4.05. The lowest BCUT2D eigenvalue weighted by Gasteiger charge is -2.04. The standard InChI is InChI=1S/C22H36N2O/c1-4-5-6-7-8-9-10-11-12-13-22(25)24-23-18-20-14-16-21(17-15-20)19(2)3/h14-19H,4-13H2,1-3H3,(H,24,25). The second-order valence-corrected chi connectivity index (χ2v) is 7.19. The van der Waals surface area contributed by atoms with Crippen molar-refractivity contribution in [2.24, 2.45) is 5.10 Å². The Morgan fingerprint density at radius 2 is 1.52 bits per heavy atom. The average molecular weight is 345 g/mol. The van der Waals surface area contributed by atoms with Crippen LogP contribution in [-0.2, 0) is 4.79 Å². The van der Waals surface area contributed by atoms with Gasteiger partial charge in [0.25, 0.3) is 0 Å². The fourth-order valence-electron chi connectivity index (χ4n) is 2.80. The van der Waals surface area contributed by atoms with Gasteiger partial charge < -0.3 is 0 Å². The van der Waals surface area contributed by atoms with Crippen molar-refractivity contribution >= 4 is 12.1 Å². The van der Waals surface area contributed by atoms with E-state index in [0.717, 1.165) is 18.4 Å². The largest absolute Gasteiger partial charge is 0.273 e. The van der Waals surface area contributed by atoms with Crippen LogP contribution in [0.15, 0.2) is 29.4 Å². The smallest absolute Gasteiger partial charge is 0.240 e. The third-order valence-corrected chi connectivity index (χ3v) is 4.51. The van der Waals surface area contributed by atoms with Crippen LogP contribution in [0.4, 0.5) is 0 Å². The summed E-state index contributed by atoms with van der Waals surface area (Å²) in [6.07, 6.45) is 13.7. The Bertz CT molecular complexity index is 491. The monoisotopic (exact) mass is 344 g/mol. The van der Waals surface area contributed by atoms with Crippen LogP contribution in [0, 0.1) is 0 Å². The Balaban J connectivity index is 2.06. The molecule has 0 fully saturated rings. The van der Waals surface area contributed by atoms with E-state index in [1.807, 2.05) is 12.1 Å². The van der Waals surface area contributed by atoms with Crippen LogP contribution in [-0.4, -0.2) is 12.1 Å². The normalized spacial score (nSPS) is 11.4. The second kappa shape index (κ2) is 13.6. The van der Waals surface area contributed by atoms with Crippen LogP contribution in [0.25, 0.3) is 0 Å². The van der Waals surface area contributed by atoms with Gasteiger partial charge in [0, 0.05) is 6.42 Å². The quantitative estimate of drug-likeness (QED) is 0.259. The van der Waals surface area contributed by atoms with Gasteiger partial charge in [0.1, 0.15) is 0 Å². The van der Waals surface area contributed by atoms with E-state index in [1.165, 1.54) is 50.5 Å². The van der Waals surface area contributed by atoms with Gasteiger partial charge in [-0.15, -0.1) is 0 Å². The number of hydrogen-bond donors (Lipinski definition) is 1. The first-order valence-corrected chi connectivity index (χ1v) is 10.1. The molecular formula is C22H36N2O. The molecule has 0 unspecified atom stereocenters. The Morgan fingerprint density at radius 1 is 0.960 bits per heavy atom. The Hall–Kier alpha value is -1.64. The lowest BCUT2D eigenvalue weighted by molar-refractivity contribution is -0.121. The van der Waals surface area contributed by atoms with Crippen LogP contribution in [0.3, 0.4) is 0 Å². The number of hydrogen-bond acceptors (Lipinski definition) is 2. The van der Waals surface area contributed by atoms with Crippen molar-refractivity contribution in [2.75, 3.05) is 0 Å². The minimum absolute atomic E-state index is 0.0120. The number of amides is 1. The average Bonchev–Trinajstić information content (AvgIpc) is 2.61. The molecule has 3 nitrogen and oxygen atoms in total. The zero-order valence-corrected chi connectivity index (χ0v) is 16.4. The van der Waals surface area contributed by atoms with Gasteiger partial charge in [-0.3, -0.25) is 4.79 Å². The summed E-state index contributed by atoms with van der Waals surface area (Å²) in [4.78, 5) is 11.8. The molecule has 140 valence electrons. The van der Waals surface area contributed by atoms with E-state index in [9.17, 15) is 4.79 Å². The Labute approximate surface area is 154 Å². The molecule has 0 spiro atoms. The van der Waals surface area contributed by atoms with Gasteiger partial charge in [0.05, 0.1) is 6.21 Å². The van der Waals surface area contributed by atoms with Crippen molar-refractivity contribution in [1.82, 2.24) is 5.43 Å². The molecule has 1 rings (SSSR count). The first-order chi connectivity index (χ1) is 12.1. The molecule has 0 aliphatic carbocycles. The van der Waals surface area contributed by atoms with Crippen molar-refractivity contribution < 1.29 is 4.79 Å². The van der Waals surface area contributed by atoms with Crippen LogP contribution >= 0.6 is 0 Å². The summed E-state index contributed by atoms with van der Waals surface area (Å²) in [5.74, 6) is 0.542.